The van der Waals surface area contributed by atoms with Gasteiger partial charge in [0.15, 0.2) is 5.84 Å². The van der Waals surface area contributed by atoms with E-state index in [1.54, 1.807) is 17.0 Å². The van der Waals surface area contributed by atoms with Crippen molar-refractivity contribution in [3.05, 3.63) is 53.3 Å². The van der Waals surface area contributed by atoms with Crippen LogP contribution in [0.3, 0.4) is 0 Å². The maximum atomic E-state index is 12.0. The van der Waals surface area contributed by atoms with Crippen molar-refractivity contribution in [1.29, 1.82) is 5.41 Å². The number of rotatable bonds is 5. The molecule has 1 aromatic heterocycles. The molecule has 1 fully saturated rings. The standard InChI is InChI=1S/C21H26N4O3/c1-14-4-6-16(7-5-14)25(2)20(22)19-17(23-15-10-12-28-13-11-15)8-9-18(24-19)21(26)27-3/h4-9,15,22-23H,10-13H2,1-3H3. The lowest BCUT2D eigenvalue weighted by Gasteiger charge is -2.27. The summed E-state index contributed by atoms with van der Waals surface area (Å²) >= 11 is 0. The molecule has 1 aliphatic heterocycles. The quantitative estimate of drug-likeness (QED) is 0.469. The Morgan fingerprint density at radius 2 is 1.89 bits per heavy atom. The second kappa shape index (κ2) is 8.84. The van der Waals surface area contributed by atoms with Gasteiger partial charge in [0.1, 0.15) is 11.4 Å². The number of nitrogens with zero attached hydrogens (tertiary/aromatic N) is 2. The second-order valence-corrected chi connectivity index (χ2v) is 6.86. The topological polar surface area (TPSA) is 87.5 Å². The van der Waals surface area contributed by atoms with Crippen molar-refractivity contribution in [3.63, 3.8) is 0 Å². The van der Waals surface area contributed by atoms with Crippen LogP contribution in [-0.4, -0.2) is 50.2 Å². The van der Waals surface area contributed by atoms with E-state index in [9.17, 15) is 4.79 Å². The van der Waals surface area contributed by atoms with Crippen LogP contribution in [0.5, 0.6) is 0 Å². The van der Waals surface area contributed by atoms with E-state index in [-0.39, 0.29) is 17.6 Å². The van der Waals surface area contributed by atoms with Crippen molar-refractivity contribution in [2.75, 3.05) is 37.6 Å². The summed E-state index contributed by atoms with van der Waals surface area (Å²) in [6, 6.07) is 11.6. The highest BCUT2D eigenvalue weighted by Gasteiger charge is 2.21. The summed E-state index contributed by atoms with van der Waals surface area (Å²) in [6.07, 6.45) is 1.78. The Balaban J connectivity index is 1.93. The molecule has 0 radical (unpaired) electrons. The fraction of sp³-hybridized carbons (Fsp3) is 0.381. The highest BCUT2D eigenvalue weighted by Crippen LogP contribution is 2.23. The van der Waals surface area contributed by atoms with Gasteiger partial charge in [0.05, 0.1) is 12.8 Å². The first-order valence-corrected chi connectivity index (χ1v) is 9.32. The fourth-order valence-corrected chi connectivity index (χ4v) is 3.09. The molecular weight excluding hydrogens is 356 g/mol. The zero-order valence-electron chi connectivity index (χ0n) is 16.5. The first-order chi connectivity index (χ1) is 13.5. The summed E-state index contributed by atoms with van der Waals surface area (Å²) in [6.45, 7) is 3.44. The van der Waals surface area contributed by atoms with Crippen LogP contribution in [0.4, 0.5) is 11.4 Å². The lowest BCUT2D eigenvalue weighted by Crippen LogP contribution is -2.32. The van der Waals surface area contributed by atoms with E-state index in [4.69, 9.17) is 14.9 Å². The number of nitrogens with one attached hydrogen (secondary N) is 2. The predicted octanol–water partition coefficient (Wildman–Crippen LogP) is 3.23. The minimum absolute atomic E-state index is 0.178. The first-order valence-electron chi connectivity index (χ1n) is 9.32. The van der Waals surface area contributed by atoms with E-state index in [1.807, 2.05) is 38.2 Å². The van der Waals surface area contributed by atoms with Crippen LogP contribution in [0, 0.1) is 12.3 Å². The van der Waals surface area contributed by atoms with Gasteiger partial charge >= 0.3 is 5.97 Å². The number of methoxy groups -OCH3 is 1. The van der Waals surface area contributed by atoms with Crippen molar-refractivity contribution >= 4 is 23.2 Å². The van der Waals surface area contributed by atoms with Gasteiger partial charge in [0, 0.05) is 32.0 Å². The highest BCUT2D eigenvalue weighted by atomic mass is 16.5. The van der Waals surface area contributed by atoms with Crippen molar-refractivity contribution < 1.29 is 14.3 Å². The number of anilines is 2. The fourth-order valence-electron chi connectivity index (χ4n) is 3.09. The molecule has 2 aromatic rings. The van der Waals surface area contributed by atoms with E-state index in [0.717, 1.165) is 29.8 Å². The summed E-state index contributed by atoms with van der Waals surface area (Å²) < 4.78 is 10.2. The Morgan fingerprint density at radius 1 is 1.21 bits per heavy atom. The van der Waals surface area contributed by atoms with E-state index < -0.39 is 5.97 Å². The van der Waals surface area contributed by atoms with Gasteiger partial charge in [-0.05, 0) is 44.0 Å². The number of benzene rings is 1. The Bertz CT molecular complexity index is 845. The van der Waals surface area contributed by atoms with Gasteiger partial charge in [-0.1, -0.05) is 17.7 Å². The van der Waals surface area contributed by atoms with E-state index in [0.29, 0.717) is 18.9 Å². The third kappa shape index (κ3) is 4.48. The number of esters is 1. The molecule has 0 saturated carbocycles. The lowest BCUT2D eigenvalue weighted by molar-refractivity contribution is 0.0594. The van der Waals surface area contributed by atoms with Crippen LogP contribution in [0.1, 0.15) is 34.6 Å². The van der Waals surface area contributed by atoms with Crippen molar-refractivity contribution in [1.82, 2.24) is 4.98 Å². The van der Waals surface area contributed by atoms with Crippen LogP contribution in [0.2, 0.25) is 0 Å². The van der Waals surface area contributed by atoms with Crippen molar-refractivity contribution in [2.45, 2.75) is 25.8 Å². The molecule has 0 bridgehead atoms. The van der Waals surface area contributed by atoms with Gasteiger partial charge in [-0.15, -0.1) is 0 Å². The molecule has 7 heteroatoms. The smallest absolute Gasteiger partial charge is 0.356 e. The number of carbonyl (C=O) groups excluding carboxylic acids is 1. The molecule has 2 heterocycles. The number of pyridine rings is 1. The molecule has 7 nitrogen and oxygen atoms in total. The molecule has 0 atom stereocenters. The van der Waals surface area contributed by atoms with Gasteiger partial charge in [0.25, 0.3) is 0 Å². The van der Waals surface area contributed by atoms with Crippen molar-refractivity contribution in [2.24, 2.45) is 0 Å². The van der Waals surface area contributed by atoms with E-state index in [2.05, 4.69) is 10.3 Å². The monoisotopic (exact) mass is 382 g/mol. The molecule has 3 rings (SSSR count). The predicted molar refractivity (Wildman–Crippen MR) is 109 cm³/mol. The lowest BCUT2D eigenvalue weighted by atomic mass is 10.1. The molecule has 0 unspecified atom stereocenters. The molecule has 1 aromatic carbocycles. The Morgan fingerprint density at radius 3 is 2.54 bits per heavy atom. The van der Waals surface area contributed by atoms with Crippen LogP contribution in [0.25, 0.3) is 0 Å². The summed E-state index contributed by atoms with van der Waals surface area (Å²) in [5, 5.41) is 12.2. The summed E-state index contributed by atoms with van der Waals surface area (Å²) in [7, 11) is 3.14. The van der Waals surface area contributed by atoms with Gasteiger partial charge in [-0.2, -0.15) is 0 Å². The van der Waals surface area contributed by atoms with Crippen LogP contribution < -0.4 is 10.2 Å². The molecule has 0 aliphatic carbocycles. The Kier molecular flexibility index (Phi) is 6.26. The van der Waals surface area contributed by atoms with E-state index in [1.165, 1.54) is 7.11 Å². The Hall–Kier alpha value is -2.93. The number of hydrogen-bond donors (Lipinski definition) is 2. The average Bonchev–Trinajstić information content (AvgIpc) is 2.73. The number of hydrogen-bond acceptors (Lipinski definition) is 6. The molecular formula is C21H26N4O3. The molecule has 148 valence electrons. The first kappa shape index (κ1) is 19.8. The van der Waals surface area contributed by atoms with Gasteiger partial charge in [0.2, 0.25) is 0 Å². The molecule has 1 saturated heterocycles. The largest absolute Gasteiger partial charge is 0.464 e. The maximum Gasteiger partial charge on any atom is 0.356 e. The number of aromatic nitrogens is 1. The Labute approximate surface area is 165 Å². The minimum Gasteiger partial charge on any atom is -0.464 e. The molecule has 2 N–H and O–H groups in total. The number of ether oxygens (including phenoxy) is 2. The maximum absolute atomic E-state index is 12.0. The molecule has 28 heavy (non-hydrogen) atoms. The average molecular weight is 382 g/mol. The van der Waals surface area contributed by atoms with Crippen LogP contribution in [-0.2, 0) is 9.47 Å². The van der Waals surface area contributed by atoms with E-state index >= 15 is 0 Å². The zero-order valence-corrected chi connectivity index (χ0v) is 16.5. The third-order valence-electron chi connectivity index (χ3n) is 4.85. The summed E-state index contributed by atoms with van der Waals surface area (Å²) in [5.74, 6) is -0.325. The number of amidine groups is 1. The SMILES string of the molecule is COC(=O)c1ccc(NC2CCOCC2)c(C(=N)N(C)c2ccc(C)cc2)n1. The highest BCUT2D eigenvalue weighted by molar-refractivity contribution is 6.10. The van der Waals surface area contributed by atoms with Gasteiger partial charge in [-0.3, -0.25) is 5.41 Å². The normalized spacial score (nSPS) is 14.4. The van der Waals surface area contributed by atoms with Gasteiger partial charge in [-0.25, -0.2) is 9.78 Å². The summed E-state index contributed by atoms with van der Waals surface area (Å²) in [4.78, 5) is 18.1. The number of aryl methyl sites for hydroxylation is 1. The number of carbonyl (C=O) groups is 1. The minimum atomic E-state index is -0.523. The second-order valence-electron chi connectivity index (χ2n) is 6.86. The van der Waals surface area contributed by atoms with Crippen molar-refractivity contribution in [3.8, 4) is 0 Å². The van der Waals surface area contributed by atoms with Crippen LogP contribution in [0.15, 0.2) is 36.4 Å². The molecule has 0 amide bonds. The third-order valence-corrected chi connectivity index (χ3v) is 4.85. The van der Waals surface area contributed by atoms with Crippen LogP contribution >= 0.6 is 0 Å². The van der Waals surface area contributed by atoms with Gasteiger partial charge < -0.3 is 19.7 Å². The summed E-state index contributed by atoms with van der Waals surface area (Å²) in [5.41, 5.74) is 3.34. The zero-order chi connectivity index (χ0) is 20.1. The molecule has 1 aliphatic rings. The molecule has 0 spiro atoms.